The molecule has 0 saturated heterocycles. The van der Waals surface area contributed by atoms with E-state index in [-0.39, 0.29) is 0 Å². The zero-order chi connectivity index (χ0) is 15.1. The molecule has 0 heterocycles. The third kappa shape index (κ3) is 6.41. The van der Waals surface area contributed by atoms with E-state index in [4.69, 9.17) is 0 Å². The van der Waals surface area contributed by atoms with Gasteiger partial charge in [0.15, 0.2) is 0 Å². The molecule has 1 unspecified atom stereocenters. The van der Waals surface area contributed by atoms with Crippen molar-refractivity contribution < 1.29 is 0 Å². The van der Waals surface area contributed by atoms with Gasteiger partial charge in [-0.1, -0.05) is 24.3 Å². The van der Waals surface area contributed by atoms with Gasteiger partial charge in [0.25, 0.3) is 0 Å². The fourth-order valence-electron chi connectivity index (χ4n) is 2.47. The topological polar surface area (TPSA) is 15.3 Å². The average Bonchev–Trinajstić information content (AvgIpc) is 3.30. The minimum absolute atomic E-state index is 0.653. The van der Waals surface area contributed by atoms with Crippen LogP contribution in [0.2, 0.25) is 0 Å². The lowest BCUT2D eigenvalue weighted by Gasteiger charge is -2.24. The second-order valence-corrected chi connectivity index (χ2v) is 7.33. The van der Waals surface area contributed by atoms with Gasteiger partial charge in [-0.15, -0.1) is 0 Å². The Labute approximate surface area is 134 Å². The minimum atomic E-state index is 0.653. The summed E-state index contributed by atoms with van der Waals surface area (Å²) in [6.07, 6.45) is 7.35. The first-order valence-corrected chi connectivity index (χ1v) is 9.59. The third-order valence-electron chi connectivity index (χ3n) is 4.37. The quantitative estimate of drug-likeness (QED) is 0.711. The van der Waals surface area contributed by atoms with Gasteiger partial charge in [-0.2, -0.15) is 11.8 Å². The molecule has 0 spiro atoms. The lowest BCUT2D eigenvalue weighted by molar-refractivity contribution is 0.245. The van der Waals surface area contributed by atoms with Crippen molar-refractivity contribution in [3.63, 3.8) is 0 Å². The van der Waals surface area contributed by atoms with Crippen LogP contribution in [-0.2, 0) is 13.0 Å². The maximum Gasteiger partial charge on any atom is 0.0233 e. The molecule has 0 aliphatic heterocycles. The van der Waals surface area contributed by atoms with E-state index in [2.05, 4.69) is 54.7 Å². The van der Waals surface area contributed by atoms with Crippen LogP contribution in [0, 0.1) is 0 Å². The highest BCUT2D eigenvalue weighted by Gasteiger charge is 2.19. The Morgan fingerprint density at radius 3 is 2.52 bits per heavy atom. The van der Waals surface area contributed by atoms with Crippen LogP contribution in [0.4, 0.5) is 0 Å². The number of rotatable bonds is 10. The normalized spacial score (nSPS) is 16.4. The van der Waals surface area contributed by atoms with E-state index in [1.807, 2.05) is 11.8 Å². The van der Waals surface area contributed by atoms with Crippen molar-refractivity contribution in [2.24, 2.45) is 0 Å². The van der Waals surface area contributed by atoms with Gasteiger partial charge in [0, 0.05) is 18.6 Å². The molecule has 118 valence electrons. The maximum atomic E-state index is 3.58. The second-order valence-electron chi connectivity index (χ2n) is 6.34. The SMILES string of the molecule is CSCCC(C)N(C)Cc1ccc(CCNC2CC2)cc1. The Balaban J connectivity index is 1.72. The predicted molar refractivity (Wildman–Crippen MR) is 95.1 cm³/mol. The number of nitrogens with zero attached hydrogens (tertiary/aromatic N) is 1. The molecule has 1 fully saturated rings. The van der Waals surface area contributed by atoms with Gasteiger partial charge in [0.2, 0.25) is 0 Å². The summed E-state index contributed by atoms with van der Waals surface area (Å²) in [4.78, 5) is 2.46. The largest absolute Gasteiger partial charge is 0.314 e. The van der Waals surface area contributed by atoms with E-state index in [0.717, 1.165) is 25.6 Å². The summed E-state index contributed by atoms with van der Waals surface area (Å²) < 4.78 is 0. The Morgan fingerprint density at radius 2 is 1.90 bits per heavy atom. The van der Waals surface area contributed by atoms with E-state index in [1.54, 1.807) is 0 Å². The zero-order valence-corrected chi connectivity index (χ0v) is 14.6. The first-order chi connectivity index (χ1) is 10.2. The molecule has 1 aromatic carbocycles. The highest BCUT2D eigenvalue weighted by molar-refractivity contribution is 7.98. The van der Waals surface area contributed by atoms with E-state index in [0.29, 0.717) is 6.04 Å². The fourth-order valence-corrected chi connectivity index (χ4v) is 3.05. The van der Waals surface area contributed by atoms with Gasteiger partial charge in [-0.05, 0) is 69.3 Å². The molecule has 1 N–H and O–H groups in total. The van der Waals surface area contributed by atoms with Crippen LogP contribution in [-0.4, -0.2) is 42.6 Å². The van der Waals surface area contributed by atoms with Gasteiger partial charge >= 0.3 is 0 Å². The monoisotopic (exact) mass is 306 g/mol. The van der Waals surface area contributed by atoms with Gasteiger partial charge in [-0.3, -0.25) is 4.90 Å². The van der Waals surface area contributed by atoms with Crippen LogP contribution in [0.5, 0.6) is 0 Å². The molecular weight excluding hydrogens is 276 g/mol. The maximum absolute atomic E-state index is 3.58. The fraction of sp³-hybridized carbons (Fsp3) is 0.667. The molecular formula is C18H30N2S. The summed E-state index contributed by atoms with van der Waals surface area (Å²) in [6.45, 7) is 4.50. The summed E-state index contributed by atoms with van der Waals surface area (Å²) >= 11 is 1.94. The summed E-state index contributed by atoms with van der Waals surface area (Å²) in [7, 11) is 2.23. The Bertz CT molecular complexity index is 400. The molecule has 2 nitrogen and oxygen atoms in total. The Kier molecular flexibility index (Phi) is 7.08. The van der Waals surface area contributed by atoms with Gasteiger partial charge in [-0.25, -0.2) is 0 Å². The molecule has 1 atom stereocenters. The van der Waals surface area contributed by atoms with Crippen LogP contribution in [0.25, 0.3) is 0 Å². The van der Waals surface area contributed by atoms with Gasteiger partial charge < -0.3 is 5.32 Å². The molecule has 1 aromatic rings. The highest BCUT2D eigenvalue weighted by atomic mass is 32.2. The van der Waals surface area contributed by atoms with Gasteiger partial charge in [0.1, 0.15) is 0 Å². The molecule has 0 amide bonds. The van der Waals surface area contributed by atoms with E-state index in [1.165, 1.54) is 36.1 Å². The van der Waals surface area contributed by atoms with Crippen molar-refractivity contribution in [1.82, 2.24) is 10.2 Å². The minimum Gasteiger partial charge on any atom is -0.314 e. The molecule has 3 heteroatoms. The zero-order valence-electron chi connectivity index (χ0n) is 13.8. The molecule has 2 rings (SSSR count). The molecule has 0 bridgehead atoms. The molecule has 0 radical (unpaired) electrons. The van der Waals surface area contributed by atoms with Crippen molar-refractivity contribution >= 4 is 11.8 Å². The van der Waals surface area contributed by atoms with E-state index >= 15 is 0 Å². The van der Waals surface area contributed by atoms with Crippen LogP contribution < -0.4 is 5.32 Å². The highest BCUT2D eigenvalue weighted by Crippen LogP contribution is 2.18. The van der Waals surface area contributed by atoms with Gasteiger partial charge in [0.05, 0.1) is 0 Å². The lowest BCUT2D eigenvalue weighted by Crippen LogP contribution is -2.29. The Morgan fingerprint density at radius 1 is 1.24 bits per heavy atom. The smallest absolute Gasteiger partial charge is 0.0233 e. The molecule has 1 aliphatic rings. The van der Waals surface area contributed by atoms with Crippen molar-refractivity contribution in [3.8, 4) is 0 Å². The average molecular weight is 307 g/mol. The lowest BCUT2D eigenvalue weighted by atomic mass is 10.1. The van der Waals surface area contributed by atoms with E-state index < -0.39 is 0 Å². The number of hydrogen-bond acceptors (Lipinski definition) is 3. The number of nitrogens with one attached hydrogen (secondary N) is 1. The number of thioether (sulfide) groups is 1. The van der Waals surface area contributed by atoms with Crippen molar-refractivity contribution in [2.45, 2.75) is 51.2 Å². The summed E-state index contributed by atoms with van der Waals surface area (Å²) in [5.74, 6) is 1.25. The molecule has 0 aromatic heterocycles. The van der Waals surface area contributed by atoms with Crippen LogP contribution in [0.1, 0.15) is 37.3 Å². The first-order valence-electron chi connectivity index (χ1n) is 8.19. The number of hydrogen-bond donors (Lipinski definition) is 1. The van der Waals surface area contributed by atoms with Crippen molar-refractivity contribution in [2.75, 3.05) is 25.6 Å². The van der Waals surface area contributed by atoms with Crippen molar-refractivity contribution in [3.05, 3.63) is 35.4 Å². The first kappa shape index (κ1) is 16.9. The van der Waals surface area contributed by atoms with E-state index in [9.17, 15) is 0 Å². The summed E-state index contributed by atoms with van der Waals surface area (Å²) in [5.41, 5.74) is 2.87. The number of benzene rings is 1. The van der Waals surface area contributed by atoms with Crippen LogP contribution in [0.15, 0.2) is 24.3 Å². The standard InChI is InChI=1S/C18H30N2S/c1-15(11-13-21-3)20(2)14-17-6-4-16(5-7-17)10-12-19-18-8-9-18/h4-7,15,18-19H,8-14H2,1-3H3. The predicted octanol–water partition coefficient (Wildman–Crippen LogP) is 3.55. The molecule has 21 heavy (non-hydrogen) atoms. The second kappa shape index (κ2) is 8.82. The van der Waals surface area contributed by atoms with Crippen molar-refractivity contribution in [1.29, 1.82) is 0 Å². The molecule has 1 aliphatic carbocycles. The van der Waals surface area contributed by atoms with Crippen LogP contribution in [0.3, 0.4) is 0 Å². The summed E-state index contributed by atoms with van der Waals surface area (Å²) in [6, 6.07) is 10.7. The Hall–Kier alpha value is -0.510. The third-order valence-corrected chi connectivity index (χ3v) is 5.02. The molecule has 1 saturated carbocycles. The van der Waals surface area contributed by atoms with Crippen LogP contribution >= 0.6 is 11.8 Å². The summed E-state index contributed by atoms with van der Waals surface area (Å²) in [5, 5.41) is 3.58.